The Morgan fingerprint density at radius 1 is 1.05 bits per heavy atom. The summed E-state index contributed by atoms with van der Waals surface area (Å²) in [7, 11) is 0. The number of halogens is 2. The molecule has 1 aliphatic rings. The van der Waals surface area contributed by atoms with Crippen LogP contribution in [0, 0.1) is 0 Å². The largest absolute Gasteiger partial charge is 0.384 e. The van der Waals surface area contributed by atoms with Crippen LogP contribution in [0.15, 0.2) is 48.2 Å². The zero-order valence-electron chi connectivity index (χ0n) is 11.5. The first-order chi connectivity index (χ1) is 9.83. The zero-order chi connectivity index (χ0) is 14.2. The van der Waals surface area contributed by atoms with E-state index in [0.29, 0.717) is 11.8 Å². The second kappa shape index (κ2) is 8.23. The van der Waals surface area contributed by atoms with Crippen molar-refractivity contribution in [2.75, 3.05) is 29.7 Å². The van der Waals surface area contributed by atoms with Crippen molar-refractivity contribution in [1.82, 2.24) is 5.32 Å². The summed E-state index contributed by atoms with van der Waals surface area (Å²) in [6, 6.07) is 8.58. The van der Waals surface area contributed by atoms with Crippen LogP contribution in [-0.2, 0) is 6.54 Å². The van der Waals surface area contributed by atoms with Gasteiger partial charge in [0.15, 0.2) is 0 Å². The molecule has 20 heavy (non-hydrogen) atoms. The normalized spacial score (nSPS) is 13.4. The van der Waals surface area contributed by atoms with E-state index in [1.807, 2.05) is 0 Å². The van der Waals surface area contributed by atoms with Crippen LogP contribution in [0.1, 0.15) is 12.0 Å². The molecule has 2 rings (SSSR count). The van der Waals surface area contributed by atoms with Crippen molar-refractivity contribution in [2.24, 2.45) is 0 Å². The van der Waals surface area contributed by atoms with Crippen LogP contribution in [0.3, 0.4) is 0 Å². The van der Waals surface area contributed by atoms with Gasteiger partial charge in [-0.3, -0.25) is 0 Å². The third-order valence-electron chi connectivity index (χ3n) is 3.30. The van der Waals surface area contributed by atoms with E-state index in [1.54, 1.807) is 0 Å². The van der Waals surface area contributed by atoms with Gasteiger partial charge in [0, 0.05) is 49.2 Å². The molecule has 0 aliphatic heterocycles. The first-order valence-electron chi connectivity index (χ1n) is 6.89. The SMILES string of the molecule is ClCCN(CCCl)c1ccc(CNC2=CC=CC2)cc1. The van der Waals surface area contributed by atoms with Gasteiger partial charge in [0.05, 0.1) is 0 Å². The Hall–Kier alpha value is -1.12. The van der Waals surface area contributed by atoms with Gasteiger partial charge in [-0.1, -0.05) is 24.3 Å². The molecule has 1 aromatic rings. The van der Waals surface area contributed by atoms with Crippen LogP contribution in [0.2, 0.25) is 0 Å². The smallest absolute Gasteiger partial charge is 0.0399 e. The fraction of sp³-hybridized carbons (Fsp3) is 0.375. The van der Waals surface area contributed by atoms with Gasteiger partial charge in [-0.25, -0.2) is 0 Å². The molecule has 0 radical (unpaired) electrons. The van der Waals surface area contributed by atoms with Crippen molar-refractivity contribution >= 4 is 28.9 Å². The van der Waals surface area contributed by atoms with Crippen molar-refractivity contribution in [1.29, 1.82) is 0 Å². The van der Waals surface area contributed by atoms with Gasteiger partial charge < -0.3 is 10.2 Å². The van der Waals surface area contributed by atoms with Gasteiger partial charge in [0.1, 0.15) is 0 Å². The lowest BCUT2D eigenvalue weighted by Crippen LogP contribution is -2.27. The molecular formula is C16H20Cl2N2. The van der Waals surface area contributed by atoms with E-state index in [9.17, 15) is 0 Å². The highest BCUT2D eigenvalue weighted by molar-refractivity contribution is 6.18. The van der Waals surface area contributed by atoms with Crippen LogP contribution >= 0.6 is 23.2 Å². The van der Waals surface area contributed by atoms with Crippen LogP contribution < -0.4 is 10.2 Å². The van der Waals surface area contributed by atoms with Crippen molar-refractivity contribution in [3.05, 3.63) is 53.8 Å². The fourth-order valence-electron chi connectivity index (χ4n) is 2.19. The lowest BCUT2D eigenvalue weighted by atomic mass is 10.2. The molecule has 0 spiro atoms. The molecule has 0 bridgehead atoms. The van der Waals surface area contributed by atoms with E-state index < -0.39 is 0 Å². The molecule has 2 nitrogen and oxygen atoms in total. The van der Waals surface area contributed by atoms with Gasteiger partial charge >= 0.3 is 0 Å². The Labute approximate surface area is 131 Å². The molecule has 108 valence electrons. The maximum atomic E-state index is 5.83. The number of rotatable bonds is 8. The second-order valence-corrected chi connectivity index (χ2v) is 5.47. The molecule has 0 saturated carbocycles. The van der Waals surface area contributed by atoms with E-state index in [1.165, 1.54) is 16.9 Å². The number of alkyl halides is 2. The molecule has 0 fully saturated rings. The lowest BCUT2D eigenvalue weighted by Gasteiger charge is -2.23. The number of hydrogen-bond acceptors (Lipinski definition) is 2. The van der Waals surface area contributed by atoms with E-state index >= 15 is 0 Å². The molecule has 1 aromatic carbocycles. The van der Waals surface area contributed by atoms with Gasteiger partial charge in [-0.15, -0.1) is 23.2 Å². The Balaban J connectivity index is 1.90. The van der Waals surface area contributed by atoms with Crippen molar-refractivity contribution in [3.63, 3.8) is 0 Å². The topological polar surface area (TPSA) is 15.3 Å². The van der Waals surface area contributed by atoms with E-state index in [0.717, 1.165) is 26.1 Å². The first-order valence-corrected chi connectivity index (χ1v) is 7.96. The molecule has 0 atom stereocenters. The highest BCUT2D eigenvalue weighted by Crippen LogP contribution is 2.16. The second-order valence-electron chi connectivity index (χ2n) is 4.71. The molecule has 0 aromatic heterocycles. The Kier molecular flexibility index (Phi) is 6.28. The van der Waals surface area contributed by atoms with Gasteiger partial charge in [0.25, 0.3) is 0 Å². The van der Waals surface area contributed by atoms with Crippen LogP contribution in [0.25, 0.3) is 0 Å². The first kappa shape index (κ1) is 15.3. The maximum absolute atomic E-state index is 5.83. The molecule has 4 heteroatoms. The Morgan fingerprint density at radius 3 is 2.30 bits per heavy atom. The minimum absolute atomic E-state index is 0.612. The number of nitrogens with one attached hydrogen (secondary N) is 1. The summed E-state index contributed by atoms with van der Waals surface area (Å²) in [5.41, 5.74) is 3.73. The van der Waals surface area contributed by atoms with Crippen molar-refractivity contribution in [3.8, 4) is 0 Å². The average molecular weight is 311 g/mol. The number of allylic oxidation sites excluding steroid dienone is 3. The minimum Gasteiger partial charge on any atom is -0.384 e. The highest BCUT2D eigenvalue weighted by Gasteiger charge is 2.05. The van der Waals surface area contributed by atoms with Crippen LogP contribution in [0.4, 0.5) is 5.69 Å². The summed E-state index contributed by atoms with van der Waals surface area (Å²) in [5.74, 6) is 1.22. The molecular weight excluding hydrogens is 291 g/mol. The lowest BCUT2D eigenvalue weighted by molar-refractivity contribution is 0.794. The predicted molar refractivity (Wildman–Crippen MR) is 88.8 cm³/mol. The molecule has 0 heterocycles. The average Bonchev–Trinajstić information content (AvgIpc) is 2.99. The molecule has 1 aliphatic carbocycles. The molecule has 0 saturated heterocycles. The van der Waals surface area contributed by atoms with Crippen molar-refractivity contribution < 1.29 is 0 Å². The maximum Gasteiger partial charge on any atom is 0.0399 e. The number of benzene rings is 1. The summed E-state index contributed by atoms with van der Waals surface area (Å²) in [5, 5.41) is 3.44. The summed E-state index contributed by atoms with van der Waals surface area (Å²) in [4.78, 5) is 2.21. The quantitative estimate of drug-likeness (QED) is 0.732. The third kappa shape index (κ3) is 4.46. The third-order valence-corrected chi connectivity index (χ3v) is 3.64. The number of anilines is 1. The van der Waals surface area contributed by atoms with Crippen LogP contribution in [-0.4, -0.2) is 24.8 Å². The fourth-order valence-corrected chi connectivity index (χ4v) is 2.60. The summed E-state index contributed by atoms with van der Waals surface area (Å²) < 4.78 is 0. The van der Waals surface area contributed by atoms with E-state index in [4.69, 9.17) is 23.2 Å². The zero-order valence-corrected chi connectivity index (χ0v) is 13.0. The predicted octanol–water partition coefficient (Wildman–Crippen LogP) is 3.90. The Bertz CT molecular complexity index is 460. The minimum atomic E-state index is 0.612. The standard InChI is InChI=1S/C16H20Cl2N2/c17-9-11-20(12-10-18)16-7-5-14(6-8-16)13-19-15-3-1-2-4-15/h1-3,5-8,19H,4,9-13H2. The van der Waals surface area contributed by atoms with Crippen molar-refractivity contribution in [2.45, 2.75) is 13.0 Å². The molecule has 1 N–H and O–H groups in total. The molecule has 0 amide bonds. The highest BCUT2D eigenvalue weighted by atomic mass is 35.5. The van der Waals surface area contributed by atoms with E-state index in [2.05, 4.69) is 52.7 Å². The van der Waals surface area contributed by atoms with Gasteiger partial charge in [0.2, 0.25) is 0 Å². The monoisotopic (exact) mass is 310 g/mol. The molecule has 0 unspecified atom stereocenters. The van der Waals surface area contributed by atoms with Gasteiger partial charge in [-0.05, 0) is 23.8 Å². The summed E-state index contributed by atoms with van der Waals surface area (Å²) >= 11 is 11.7. The number of nitrogens with zero attached hydrogens (tertiary/aromatic N) is 1. The number of hydrogen-bond donors (Lipinski definition) is 1. The van der Waals surface area contributed by atoms with Gasteiger partial charge in [-0.2, -0.15) is 0 Å². The van der Waals surface area contributed by atoms with E-state index in [-0.39, 0.29) is 0 Å². The Morgan fingerprint density at radius 2 is 1.75 bits per heavy atom. The summed E-state index contributed by atoms with van der Waals surface area (Å²) in [6.07, 6.45) is 7.37. The van der Waals surface area contributed by atoms with Crippen LogP contribution in [0.5, 0.6) is 0 Å². The summed E-state index contributed by atoms with van der Waals surface area (Å²) in [6.45, 7) is 2.51.